The third-order valence-corrected chi connectivity index (χ3v) is 12.7. The van der Waals surface area contributed by atoms with Gasteiger partial charge in [-0.15, -0.1) is 0 Å². The molecule has 0 aliphatic heterocycles. The van der Waals surface area contributed by atoms with Gasteiger partial charge in [-0.05, 0) is 0 Å². The van der Waals surface area contributed by atoms with Crippen molar-refractivity contribution in [3.8, 4) is 0 Å². The van der Waals surface area contributed by atoms with Gasteiger partial charge in [0, 0.05) is 0 Å². The summed E-state index contributed by atoms with van der Waals surface area (Å²) >= 11 is -3.76. The Kier molecular flexibility index (Phi) is 12.0. The molecule has 0 saturated carbocycles. The molecule has 0 fully saturated rings. The molecule has 21 heavy (non-hydrogen) atoms. The van der Waals surface area contributed by atoms with Gasteiger partial charge in [0.1, 0.15) is 0 Å². The molecule has 7 heteroatoms. The van der Waals surface area contributed by atoms with Crippen molar-refractivity contribution >= 4 is 31.1 Å². The number of carbonyl (C=O) groups is 2. The second-order valence-corrected chi connectivity index (χ2v) is 14.1. The van der Waals surface area contributed by atoms with Crippen LogP contribution in [0.2, 0.25) is 8.87 Å². The Morgan fingerprint density at radius 3 is 1.48 bits per heavy atom. The van der Waals surface area contributed by atoms with E-state index in [2.05, 4.69) is 13.8 Å². The predicted molar refractivity (Wildman–Crippen MR) is 81.1 cm³/mol. The molecular formula is C14H28O6Sn. The van der Waals surface area contributed by atoms with Gasteiger partial charge in [0.05, 0.1) is 0 Å². The van der Waals surface area contributed by atoms with Crippen LogP contribution in [-0.4, -0.2) is 58.6 Å². The van der Waals surface area contributed by atoms with Gasteiger partial charge in [-0.25, -0.2) is 0 Å². The zero-order valence-corrected chi connectivity index (χ0v) is 16.5. The Hall–Kier alpha value is -0.341. The van der Waals surface area contributed by atoms with E-state index in [9.17, 15) is 9.59 Å². The van der Waals surface area contributed by atoms with Gasteiger partial charge < -0.3 is 0 Å². The van der Waals surface area contributed by atoms with E-state index >= 15 is 0 Å². The van der Waals surface area contributed by atoms with Gasteiger partial charge in [0.2, 0.25) is 0 Å². The molecular weight excluding hydrogens is 383 g/mol. The maximum absolute atomic E-state index is 11.8. The van der Waals surface area contributed by atoms with E-state index < -0.39 is 31.1 Å². The van der Waals surface area contributed by atoms with Crippen molar-refractivity contribution in [2.75, 3.05) is 27.4 Å². The molecule has 6 nitrogen and oxygen atoms in total. The molecule has 0 bridgehead atoms. The van der Waals surface area contributed by atoms with Crippen molar-refractivity contribution in [2.24, 2.45) is 0 Å². The summed E-state index contributed by atoms with van der Waals surface area (Å²) in [5, 5.41) is 0. The summed E-state index contributed by atoms with van der Waals surface area (Å²) in [4.78, 5) is 23.6. The number of rotatable bonds is 12. The van der Waals surface area contributed by atoms with Crippen LogP contribution < -0.4 is 0 Å². The Morgan fingerprint density at radius 1 is 0.810 bits per heavy atom. The molecule has 124 valence electrons. The van der Waals surface area contributed by atoms with Crippen molar-refractivity contribution in [2.45, 2.75) is 48.4 Å². The van der Waals surface area contributed by atoms with Crippen molar-refractivity contribution in [3.05, 3.63) is 0 Å². The Morgan fingerprint density at radius 2 is 1.19 bits per heavy atom. The molecule has 0 aromatic carbocycles. The zero-order valence-electron chi connectivity index (χ0n) is 13.6. The van der Waals surface area contributed by atoms with Crippen LogP contribution in [0.4, 0.5) is 0 Å². The summed E-state index contributed by atoms with van der Waals surface area (Å²) in [5.74, 6) is -0.878. The summed E-state index contributed by atoms with van der Waals surface area (Å²) in [6.45, 7) is 3.90. The monoisotopic (exact) mass is 412 g/mol. The number of hydrogen-bond acceptors (Lipinski definition) is 6. The van der Waals surface area contributed by atoms with E-state index in [0.717, 1.165) is 25.7 Å². The van der Waals surface area contributed by atoms with Crippen LogP contribution in [0.1, 0.15) is 39.5 Å². The number of carbonyl (C=O) groups excluding carboxylic acids is 2. The van der Waals surface area contributed by atoms with Gasteiger partial charge in [-0.1, -0.05) is 0 Å². The van der Waals surface area contributed by atoms with Crippen molar-refractivity contribution < 1.29 is 25.2 Å². The predicted octanol–water partition coefficient (Wildman–Crippen LogP) is 2.41. The number of methoxy groups -OCH3 is 2. The number of hydrogen-bond donors (Lipinski definition) is 0. The Bertz CT molecular complexity index is 278. The summed E-state index contributed by atoms with van der Waals surface area (Å²) in [5.41, 5.74) is 0. The minimum atomic E-state index is -3.76. The molecule has 0 radical (unpaired) electrons. The normalized spacial score (nSPS) is 11.2. The SMILES string of the molecule is CCC[CH2][Sn]([CH2]CCC)([O]C(=O)COC)[O]C(=O)COC. The zero-order chi connectivity index (χ0) is 16.1. The molecule has 0 atom stereocenters. The van der Waals surface area contributed by atoms with Gasteiger partial charge in [0.25, 0.3) is 0 Å². The fourth-order valence-electron chi connectivity index (χ4n) is 1.95. The minimum absolute atomic E-state index is 0.112. The van der Waals surface area contributed by atoms with Crippen LogP contribution in [0.25, 0.3) is 0 Å². The third-order valence-electron chi connectivity index (χ3n) is 2.95. The average Bonchev–Trinajstić information content (AvgIpc) is 2.43. The van der Waals surface area contributed by atoms with E-state index in [1.165, 1.54) is 14.2 Å². The molecule has 0 aromatic rings. The van der Waals surface area contributed by atoms with E-state index in [0.29, 0.717) is 8.87 Å². The average molecular weight is 411 g/mol. The van der Waals surface area contributed by atoms with E-state index in [1.54, 1.807) is 0 Å². The molecule has 0 unspecified atom stereocenters. The van der Waals surface area contributed by atoms with Crippen LogP contribution in [0.5, 0.6) is 0 Å². The molecule has 0 aliphatic carbocycles. The van der Waals surface area contributed by atoms with Crippen LogP contribution in [0.15, 0.2) is 0 Å². The second-order valence-electron chi connectivity index (χ2n) is 4.93. The van der Waals surface area contributed by atoms with Crippen molar-refractivity contribution in [3.63, 3.8) is 0 Å². The quantitative estimate of drug-likeness (QED) is 0.460. The Labute approximate surface area is 132 Å². The molecule has 0 heterocycles. The first-order valence-electron chi connectivity index (χ1n) is 7.45. The fourth-order valence-corrected chi connectivity index (χ4v) is 11.7. The van der Waals surface area contributed by atoms with Crippen LogP contribution in [0, 0.1) is 0 Å². The van der Waals surface area contributed by atoms with Crippen LogP contribution in [-0.2, 0) is 25.2 Å². The van der Waals surface area contributed by atoms with Crippen molar-refractivity contribution in [1.29, 1.82) is 0 Å². The molecule has 0 N–H and O–H groups in total. The second kappa shape index (κ2) is 12.2. The standard InChI is InChI=1S/2C4H9.2C3H6O3.Sn/c2*1-3-4-2;2*1-6-2-3(4)5;/h2*1,3-4H2,2H3;2*2H2,1H3,(H,4,5);/q;;;;+2/p-2. The fraction of sp³-hybridized carbons (Fsp3) is 0.857. The van der Waals surface area contributed by atoms with E-state index in [-0.39, 0.29) is 13.2 Å². The van der Waals surface area contributed by atoms with Crippen LogP contribution >= 0.6 is 0 Å². The first-order chi connectivity index (χ1) is 10.0. The van der Waals surface area contributed by atoms with Crippen molar-refractivity contribution in [1.82, 2.24) is 0 Å². The van der Waals surface area contributed by atoms with Gasteiger partial charge in [-0.2, -0.15) is 0 Å². The Balaban J connectivity index is 4.99. The van der Waals surface area contributed by atoms with Crippen LogP contribution in [0.3, 0.4) is 0 Å². The summed E-state index contributed by atoms with van der Waals surface area (Å²) in [6.07, 6.45) is 3.71. The summed E-state index contributed by atoms with van der Waals surface area (Å²) < 4.78 is 22.3. The van der Waals surface area contributed by atoms with E-state index in [1.807, 2.05) is 0 Å². The number of ether oxygens (including phenoxy) is 2. The molecule has 0 aromatic heterocycles. The first kappa shape index (κ1) is 20.7. The summed E-state index contributed by atoms with van der Waals surface area (Å²) in [6, 6.07) is 0. The van der Waals surface area contributed by atoms with Gasteiger partial charge >= 0.3 is 132 Å². The third kappa shape index (κ3) is 9.31. The molecule has 0 saturated heterocycles. The topological polar surface area (TPSA) is 71.1 Å². The molecule has 0 rings (SSSR count). The molecule has 0 amide bonds. The first-order valence-corrected chi connectivity index (χ1v) is 13.8. The van der Waals surface area contributed by atoms with Gasteiger partial charge in [0.15, 0.2) is 0 Å². The van der Waals surface area contributed by atoms with Gasteiger partial charge in [-0.3, -0.25) is 0 Å². The number of unbranched alkanes of at least 4 members (excludes halogenated alkanes) is 2. The molecule has 0 spiro atoms. The summed E-state index contributed by atoms with van der Waals surface area (Å²) in [7, 11) is 2.88. The maximum atomic E-state index is 11.8. The van der Waals surface area contributed by atoms with E-state index in [4.69, 9.17) is 15.6 Å². The molecule has 0 aliphatic rings.